The lowest BCUT2D eigenvalue weighted by Gasteiger charge is -2.16. The van der Waals surface area contributed by atoms with Gasteiger partial charge in [-0.2, -0.15) is 0 Å². The highest BCUT2D eigenvalue weighted by molar-refractivity contribution is 5.86. The molecule has 1 nitrogen and oxygen atoms in total. The van der Waals surface area contributed by atoms with Gasteiger partial charge in [0.25, 0.3) is 0 Å². The third-order valence-electron chi connectivity index (χ3n) is 4.54. The van der Waals surface area contributed by atoms with Gasteiger partial charge in [0, 0.05) is 11.1 Å². The average Bonchev–Trinajstić information content (AvgIpc) is 2.50. The van der Waals surface area contributed by atoms with E-state index in [0.29, 0.717) is 5.75 Å². The molecule has 0 atom stereocenters. The van der Waals surface area contributed by atoms with Crippen molar-refractivity contribution in [3.63, 3.8) is 0 Å². The molecule has 0 aliphatic carbocycles. The molecule has 1 heteroatoms. The first kappa shape index (κ1) is 15.4. The van der Waals surface area contributed by atoms with Crippen LogP contribution >= 0.6 is 0 Å². The average molecular weight is 302 g/mol. The summed E-state index contributed by atoms with van der Waals surface area (Å²) >= 11 is 0. The fourth-order valence-electron chi connectivity index (χ4n) is 3.43. The summed E-state index contributed by atoms with van der Waals surface area (Å²) in [4.78, 5) is 0. The second kappa shape index (κ2) is 5.92. The summed E-state index contributed by atoms with van der Waals surface area (Å²) in [5.41, 5.74) is 8.77. The Morgan fingerprint density at radius 1 is 0.522 bits per heavy atom. The molecule has 0 amide bonds. The van der Waals surface area contributed by atoms with Crippen LogP contribution < -0.4 is 0 Å². The highest BCUT2D eigenvalue weighted by atomic mass is 16.3. The molecule has 0 aliphatic heterocycles. The Bertz CT molecular complexity index is 765. The Balaban J connectivity index is 2.29. The van der Waals surface area contributed by atoms with E-state index < -0.39 is 0 Å². The molecule has 0 aromatic heterocycles. The second-order valence-corrected chi connectivity index (χ2v) is 6.24. The zero-order chi connectivity index (χ0) is 16.6. The Morgan fingerprint density at radius 2 is 0.826 bits per heavy atom. The second-order valence-electron chi connectivity index (χ2n) is 6.24. The van der Waals surface area contributed by atoms with Crippen molar-refractivity contribution in [2.75, 3.05) is 0 Å². The van der Waals surface area contributed by atoms with Gasteiger partial charge in [0.2, 0.25) is 0 Å². The van der Waals surface area contributed by atoms with E-state index in [4.69, 9.17) is 0 Å². The summed E-state index contributed by atoms with van der Waals surface area (Å²) in [6.45, 7) is 8.36. The first-order valence-electron chi connectivity index (χ1n) is 7.96. The van der Waals surface area contributed by atoms with E-state index in [2.05, 4.69) is 64.1 Å². The van der Waals surface area contributed by atoms with Crippen molar-refractivity contribution >= 4 is 0 Å². The van der Waals surface area contributed by atoms with E-state index in [0.717, 1.165) is 22.3 Å². The first-order chi connectivity index (χ1) is 11.0. The number of rotatable bonds is 2. The Morgan fingerprint density at radius 3 is 1.17 bits per heavy atom. The molecular formula is C22H22O. The van der Waals surface area contributed by atoms with Crippen LogP contribution in [0.3, 0.4) is 0 Å². The van der Waals surface area contributed by atoms with Gasteiger partial charge in [-0.1, -0.05) is 54.6 Å². The summed E-state index contributed by atoms with van der Waals surface area (Å²) in [6, 6.07) is 18.5. The highest BCUT2D eigenvalue weighted by Crippen LogP contribution is 2.42. The van der Waals surface area contributed by atoms with Crippen LogP contribution in [0.5, 0.6) is 5.75 Å². The van der Waals surface area contributed by atoms with Gasteiger partial charge in [0.05, 0.1) is 0 Å². The molecule has 0 bridgehead atoms. The standard InChI is InChI=1S/C22H22O/c1-14-8-5-9-15(2)20(14)18-12-7-13-19(22(18)23)21-16(3)10-6-11-17(21)4/h5-13,23H,1-4H3. The third-order valence-corrected chi connectivity index (χ3v) is 4.54. The monoisotopic (exact) mass is 302 g/mol. The van der Waals surface area contributed by atoms with Gasteiger partial charge in [0.15, 0.2) is 0 Å². The minimum Gasteiger partial charge on any atom is -0.507 e. The largest absolute Gasteiger partial charge is 0.507 e. The van der Waals surface area contributed by atoms with Crippen LogP contribution in [0.1, 0.15) is 22.3 Å². The van der Waals surface area contributed by atoms with Gasteiger partial charge in [-0.15, -0.1) is 0 Å². The van der Waals surface area contributed by atoms with Crippen LogP contribution in [0.15, 0.2) is 54.6 Å². The molecule has 0 saturated carbocycles. The number of phenolic OH excluding ortho intramolecular Hbond substituents is 1. The molecule has 0 saturated heterocycles. The molecule has 0 spiro atoms. The number of hydrogen-bond acceptors (Lipinski definition) is 1. The molecule has 0 heterocycles. The summed E-state index contributed by atoms with van der Waals surface area (Å²) < 4.78 is 0. The first-order valence-corrected chi connectivity index (χ1v) is 7.96. The smallest absolute Gasteiger partial charge is 0.131 e. The molecule has 3 aromatic rings. The van der Waals surface area contributed by atoms with Crippen molar-refractivity contribution in [1.82, 2.24) is 0 Å². The molecule has 3 aromatic carbocycles. The molecule has 0 aliphatic rings. The van der Waals surface area contributed by atoms with E-state index in [1.165, 1.54) is 22.3 Å². The van der Waals surface area contributed by atoms with Crippen LogP contribution in [0.25, 0.3) is 22.3 Å². The van der Waals surface area contributed by atoms with Gasteiger partial charge >= 0.3 is 0 Å². The van der Waals surface area contributed by atoms with Crippen molar-refractivity contribution in [3.8, 4) is 28.0 Å². The van der Waals surface area contributed by atoms with Gasteiger partial charge < -0.3 is 5.11 Å². The van der Waals surface area contributed by atoms with Crippen molar-refractivity contribution in [2.45, 2.75) is 27.7 Å². The maximum atomic E-state index is 11.0. The fourth-order valence-corrected chi connectivity index (χ4v) is 3.43. The summed E-state index contributed by atoms with van der Waals surface area (Å²) in [7, 11) is 0. The maximum Gasteiger partial charge on any atom is 0.131 e. The number of benzene rings is 3. The normalized spacial score (nSPS) is 10.8. The number of aromatic hydroxyl groups is 1. The van der Waals surface area contributed by atoms with Crippen molar-refractivity contribution in [3.05, 3.63) is 76.9 Å². The topological polar surface area (TPSA) is 20.2 Å². The molecule has 3 rings (SSSR count). The fraction of sp³-hybridized carbons (Fsp3) is 0.182. The molecule has 23 heavy (non-hydrogen) atoms. The maximum absolute atomic E-state index is 11.0. The minimum absolute atomic E-state index is 0.363. The lowest BCUT2D eigenvalue weighted by molar-refractivity contribution is 0.479. The van der Waals surface area contributed by atoms with Crippen molar-refractivity contribution < 1.29 is 5.11 Å². The van der Waals surface area contributed by atoms with E-state index in [9.17, 15) is 5.11 Å². The van der Waals surface area contributed by atoms with Crippen molar-refractivity contribution in [2.24, 2.45) is 0 Å². The summed E-state index contributed by atoms with van der Waals surface area (Å²) in [5, 5.41) is 11.0. The predicted octanol–water partition coefficient (Wildman–Crippen LogP) is 5.96. The molecule has 0 unspecified atom stereocenters. The third kappa shape index (κ3) is 2.63. The van der Waals surface area contributed by atoms with E-state index >= 15 is 0 Å². The van der Waals surface area contributed by atoms with Crippen LogP contribution in [0.2, 0.25) is 0 Å². The Kier molecular flexibility index (Phi) is 3.96. The zero-order valence-corrected chi connectivity index (χ0v) is 14.1. The van der Waals surface area contributed by atoms with Crippen molar-refractivity contribution in [1.29, 1.82) is 0 Å². The Labute approximate surface area is 138 Å². The number of aryl methyl sites for hydroxylation is 4. The lowest BCUT2D eigenvalue weighted by atomic mass is 9.89. The van der Waals surface area contributed by atoms with Crippen LogP contribution in [0.4, 0.5) is 0 Å². The van der Waals surface area contributed by atoms with Gasteiger partial charge in [-0.05, 0) is 61.1 Å². The van der Waals surface area contributed by atoms with E-state index in [1.807, 2.05) is 18.2 Å². The van der Waals surface area contributed by atoms with Gasteiger partial charge in [-0.3, -0.25) is 0 Å². The lowest BCUT2D eigenvalue weighted by Crippen LogP contribution is -1.92. The minimum atomic E-state index is 0.363. The predicted molar refractivity (Wildman–Crippen MR) is 97.9 cm³/mol. The number of para-hydroxylation sites is 1. The molecule has 116 valence electrons. The molecule has 0 radical (unpaired) electrons. The van der Waals surface area contributed by atoms with Crippen LogP contribution in [-0.2, 0) is 0 Å². The molecular weight excluding hydrogens is 280 g/mol. The quantitative estimate of drug-likeness (QED) is 0.619. The SMILES string of the molecule is Cc1cccc(C)c1-c1cccc(-c2c(C)cccc2C)c1O. The molecule has 1 N–H and O–H groups in total. The number of hydrogen-bond donors (Lipinski definition) is 1. The Hall–Kier alpha value is -2.54. The summed E-state index contributed by atoms with van der Waals surface area (Å²) in [5.74, 6) is 0.363. The number of phenols is 1. The van der Waals surface area contributed by atoms with E-state index in [-0.39, 0.29) is 0 Å². The highest BCUT2D eigenvalue weighted by Gasteiger charge is 2.16. The molecule has 0 fully saturated rings. The summed E-state index contributed by atoms with van der Waals surface area (Å²) in [6.07, 6.45) is 0. The van der Waals surface area contributed by atoms with Crippen LogP contribution in [-0.4, -0.2) is 5.11 Å². The van der Waals surface area contributed by atoms with E-state index in [1.54, 1.807) is 0 Å². The van der Waals surface area contributed by atoms with Crippen LogP contribution in [0, 0.1) is 27.7 Å². The van der Waals surface area contributed by atoms with Gasteiger partial charge in [0.1, 0.15) is 5.75 Å². The van der Waals surface area contributed by atoms with Gasteiger partial charge in [-0.25, -0.2) is 0 Å². The zero-order valence-electron chi connectivity index (χ0n) is 14.1.